The van der Waals surface area contributed by atoms with Gasteiger partial charge in [-0.15, -0.1) is 0 Å². The normalized spacial score (nSPS) is 10.1. The molecule has 0 aliphatic carbocycles. The number of rotatable bonds is 4. The number of carbonyl (C=O) groups is 3. The molecule has 0 atom stereocenters. The maximum absolute atomic E-state index is 11.4. The molecule has 0 aliphatic rings. The van der Waals surface area contributed by atoms with Crippen molar-refractivity contribution in [2.24, 2.45) is 5.73 Å². The molecule has 3 amide bonds. The highest BCUT2D eigenvalue weighted by Gasteiger charge is 2.22. The van der Waals surface area contributed by atoms with Gasteiger partial charge in [0.15, 0.2) is 0 Å². The second-order valence-corrected chi connectivity index (χ2v) is 6.14. The molecule has 2 aromatic carbocycles. The summed E-state index contributed by atoms with van der Waals surface area (Å²) < 4.78 is 0. The Kier molecular flexibility index (Phi) is 5.98. The quantitative estimate of drug-likeness (QED) is 0.493. The molecule has 0 fully saturated rings. The number of aromatic carboxylic acids is 1. The molecule has 0 unspecified atom stereocenters. The number of hydrogen-bond donors (Lipinski definition) is 5. The lowest BCUT2D eigenvalue weighted by atomic mass is 9.98. The third-order valence-electron chi connectivity index (χ3n) is 3.47. The van der Waals surface area contributed by atoms with E-state index in [-0.39, 0.29) is 38.0 Å². The van der Waals surface area contributed by atoms with Gasteiger partial charge in [-0.3, -0.25) is 10.1 Å². The zero-order valence-electron chi connectivity index (χ0n) is 13.9. The lowest BCUT2D eigenvalue weighted by Gasteiger charge is -2.17. The van der Waals surface area contributed by atoms with Gasteiger partial charge in [-0.25, -0.2) is 9.59 Å². The van der Waals surface area contributed by atoms with Gasteiger partial charge in [-0.1, -0.05) is 36.0 Å². The first-order chi connectivity index (χ1) is 12.6. The van der Waals surface area contributed by atoms with Crippen LogP contribution in [0.4, 0.5) is 10.5 Å². The van der Waals surface area contributed by atoms with Crippen molar-refractivity contribution in [1.29, 1.82) is 0 Å². The number of halogens is 1. The lowest BCUT2D eigenvalue weighted by molar-refractivity contribution is -0.114. The summed E-state index contributed by atoms with van der Waals surface area (Å²) >= 11 is 11.3. The first-order valence-corrected chi connectivity index (χ1v) is 8.18. The second kappa shape index (κ2) is 8.02. The van der Waals surface area contributed by atoms with Crippen LogP contribution in [-0.4, -0.2) is 33.1 Å². The number of aromatic hydroxyl groups is 1. The van der Waals surface area contributed by atoms with Gasteiger partial charge in [0.25, 0.3) is 0 Å². The molecular formula is C17H14ClN3O5S. The summed E-state index contributed by atoms with van der Waals surface area (Å²) in [5.74, 6) is -2.08. The molecule has 0 saturated heterocycles. The molecule has 0 spiro atoms. The van der Waals surface area contributed by atoms with Crippen molar-refractivity contribution in [2.45, 2.75) is 6.92 Å². The number of amides is 3. The van der Waals surface area contributed by atoms with Crippen molar-refractivity contribution >= 4 is 52.4 Å². The average Bonchev–Trinajstić information content (AvgIpc) is 2.54. The van der Waals surface area contributed by atoms with Crippen LogP contribution >= 0.6 is 23.8 Å². The number of primary amides is 1. The van der Waals surface area contributed by atoms with Crippen LogP contribution in [0.2, 0.25) is 5.02 Å². The largest absolute Gasteiger partial charge is 0.506 e. The Morgan fingerprint density at radius 3 is 2.37 bits per heavy atom. The van der Waals surface area contributed by atoms with E-state index >= 15 is 0 Å². The summed E-state index contributed by atoms with van der Waals surface area (Å²) in [7, 11) is 0. The first kappa shape index (κ1) is 20.1. The molecule has 140 valence electrons. The number of urea groups is 1. The van der Waals surface area contributed by atoms with Gasteiger partial charge in [0, 0.05) is 18.1 Å². The van der Waals surface area contributed by atoms with Crippen LogP contribution in [0, 0.1) is 0 Å². The van der Waals surface area contributed by atoms with Gasteiger partial charge in [-0.05, 0) is 18.2 Å². The third kappa shape index (κ3) is 4.33. The van der Waals surface area contributed by atoms with Crippen molar-refractivity contribution in [1.82, 2.24) is 5.32 Å². The van der Waals surface area contributed by atoms with E-state index in [9.17, 15) is 24.6 Å². The molecule has 0 aliphatic heterocycles. The highest BCUT2D eigenvalue weighted by Crippen LogP contribution is 2.40. The number of nitrogens with two attached hydrogens (primary N) is 1. The van der Waals surface area contributed by atoms with Gasteiger partial charge >= 0.3 is 12.0 Å². The molecule has 0 aromatic heterocycles. The molecule has 2 aromatic rings. The van der Waals surface area contributed by atoms with Crippen molar-refractivity contribution < 1.29 is 24.6 Å². The Balaban J connectivity index is 2.72. The highest BCUT2D eigenvalue weighted by molar-refractivity contribution is 7.80. The van der Waals surface area contributed by atoms with E-state index in [1.165, 1.54) is 37.3 Å². The summed E-state index contributed by atoms with van der Waals surface area (Å²) in [6.07, 6.45) is 0. The van der Waals surface area contributed by atoms with Crippen molar-refractivity contribution in [3.63, 3.8) is 0 Å². The highest BCUT2D eigenvalue weighted by atomic mass is 35.5. The number of nitrogens with one attached hydrogen (secondary N) is 2. The molecule has 2 rings (SSSR count). The number of phenolic OH excluding ortho intramolecular Hbond substituents is 1. The average molecular weight is 408 g/mol. The maximum atomic E-state index is 11.4. The van der Waals surface area contributed by atoms with Crippen LogP contribution < -0.4 is 16.4 Å². The SMILES string of the molecule is CC(=O)Nc1ccc(-c2cccc(C(=O)O)c2Cl)c(O)c1C(=S)NC(N)=O. The molecule has 10 heteroatoms. The van der Waals surface area contributed by atoms with Crippen molar-refractivity contribution in [3.05, 3.63) is 46.5 Å². The van der Waals surface area contributed by atoms with Gasteiger partial charge in [0.2, 0.25) is 5.91 Å². The van der Waals surface area contributed by atoms with Gasteiger partial charge < -0.3 is 21.3 Å². The zero-order chi connectivity index (χ0) is 20.3. The monoisotopic (exact) mass is 407 g/mol. The molecule has 8 nitrogen and oxygen atoms in total. The Morgan fingerprint density at radius 2 is 1.81 bits per heavy atom. The molecular weight excluding hydrogens is 394 g/mol. The minimum Gasteiger partial charge on any atom is -0.506 e. The number of carboxylic acids is 1. The molecule has 27 heavy (non-hydrogen) atoms. The van der Waals surface area contributed by atoms with Gasteiger partial charge in [0.05, 0.1) is 21.8 Å². The molecule has 0 heterocycles. The van der Waals surface area contributed by atoms with E-state index in [0.717, 1.165) is 0 Å². The number of hydrogen-bond acceptors (Lipinski definition) is 5. The van der Waals surface area contributed by atoms with Crippen molar-refractivity contribution in [2.75, 3.05) is 5.32 Å². The second-order valence-electron chi connectivity index (χ2n) is 5.36. The fourth-order valence-electron chi connectivity index (χ4n) is 2.41. The Labute approximate surface area is 163 Å². The zero-order valence-corrected chi connectivity index (χ0v) is 15.4. The van der Waals surface area contributed by atoms with Crippen LogP contribution in [0.1, 0.15) is 22.8 Å². The fourth-order valence-corrected chi connectivity index (χ4v) is 3.03. The van der Waals surface area contributed by atoms with Crippen LogP contribution in [0.5, 0.6) is 5.75 Å². The van der Waals surface area contributed by atoms with Crippen LogP contribution in [0.3, 0.4) is 0 Å². The summed E-state index contributed by atoms with van der Waals surface area (Å²) in [6.45, 7) is 1.26. The van der Waals surface area contributed by atoms with E-state index in [1.807, 2.05) is 0 Å². The van der Waals surface area contributed by atoms with Crippen LogP contribution in [-0.2, 0) is 4.79 Å². The van der Waals surface area contributed by atoms with Crippen LogP contribution in [0.15, 0.2) is 30.3 Å². The number of carbonyl (C=O) groups excluding carboxylic acids is 2. The predicted octanol–water partition coefficient (Wildman–Crippen LogP) is 2.71. The van der Waals surface area contributed by atoms with E-state index < -0.39 is 23.7 Å². The maximum Gasteiger partial charge on any atom is 0.337 e. The minimum atomic E-state index is -1.23. The van der Waals surface area contributed by atoms with E-state index in [0.29, 0.717) is 0 Å². The Hall–Kier alpha value is -3.17. The van der Waals surface area contributed by atoms with Crippen molar-refractivity contribution in [3.8, 4) is 16.9 Å². The standard InChI is InChI=1S/C17H14ClN3O5S/c1-7(22)20-11-6-5-9(14(23)12(11)15(27)21-17(19)26)8-3-2-4-10(13(8)18)16(24)25/h2-6,23H,1H3,(H,20,22)(H,24,25)(H3,19,21,26,27). The third-order valence-corrected chi connectivity index (χ3v) is 4.19. The number of anilines is 1. The van der Waals surface area contributed by atoms with E-state index in [2.05, 4.69) is 10.6 Å². The molecule has 0 bridgehead atoms. The first-order valence-electron chi connectivity index (χ1n) is 7.40. The number of carboxylic acid groups (broad SMARTS) is 1. The molecule has 0 radical (unpaired) electrons. The number of thiocarbonyl (C=S) groups is 1. The lowest BCUT2D eigenvalue weighted by Crippen LogP contribution is -2.34. The van der Waals surface area contributed by atoms with Crippen LogP contribution in [0.25, 0.3) is 11.1 Å². The number of benzene rings is 2. The molecule has 0 saturated carbocycles. The molecule has 6 N–H and O–H groups in total. The van der Waals surface area contributed by atoms with E-state index in [1.54, 1.807) is 0 Å². The topological polar surface area (TPSA) is 142 Å². The summed E-state index contributed by atoms with van der Waals surface area (Å²) in [5.41, 5.74) is 5.36. The smallest absolute Gasteiger partial charge is 0.337 e. The van der Waals surface area contributed by atoms with E-state index in [4.69, 9.17) is 29.6 Å². The van der Waals surface area contributed by atoms with Gasteiger partial charge in [-0.2, -0.15) is 0 Å². The number of phenols is 1. The summed E-state index contributed by atoms with van der Waals surface area (Å²) in [4.78, 5) is 33.6. The fraction of sp³-hybridized carbons (Fsp3) is 0.0588. The minimum absolute atomic E-state index is 0.0618. The summed E-state index contributed by atoms with van der Waals surface area (Å²) in [6, 6.07) is 6.21. The Bertz CT molecular complexity index is 977. The summed E-state index contributed by atoms with van der Waals surface area (Å²) in [5, 5.41) is 24.5. The Morgan fingerprint density at radius 1 is 1.15 bits per heavy atom. The van der Waals surface area contributed by atoms with Gasteiger partial charge in [0.1, 0.15) is 10.7 Å². The predicted molar refractivity (Wildman–Crippen MR) is 104 cm³/mol.